The Bertz CT molecular complexity index is 554. The molecule has 2 rings (SSSR count). The Labute approximate surface area is 121 Å². The van der Waals surface area contributed by atoms with Crippen LogP contribution in [0.15, 0.2) is 6.33 Å². The van der Waals surface area contributed by atoms with Crippen molar-refractivity contribution in [3.63, 3.8) is 0 Å². The molecule has 114 valence electrons. The van der Waals surface area contributed by atoms with Crippen LogP contribution >= 0.6 is 0 Å². The molecule has 2 N–H and O–H groups in total. The molecule has 1 saturated heterocycles. The largest absolute Gasteiger partial charge is 0.477 e. The first-order chi connectivity index (χ1) is 10.0. The van der Waals surface area contributed by atoms with Gasteiger partial charge in [-0.25, -0.2) is 9.78 Å². The van der Waals surface area contributed by atoms with Crippen molar-refractivity contribution < 1.29 is 19.5 Å². The zero-order valence-electron chi connectivity index (χ0n) is 11.8. The van der Waals surface area contributed by atoms with Crippen LogP contribution in [0.4, 0.5) is 0 Å². The first-order valence-corrected chi connectivity index (χ1v) is 6.88. The van der Waals surface area contributed by atoms with Crippen molar-refractivity contribution in [1.29, 1.82) is 0 Å². The van der Waals surface area contributed by atoms with Gasteiger partial charge < -0.3 is 19.9 Å². The van der Waals surface area contributed by atoms with Gasteiger partial charge in [-0.2, -0.15) is 0 Å². The van der Waals surface area contributed by atoms with E-state index in [4.69, 9.17) is 5.11 Å². The van der Waals surface area contributed by atoms with Crippen LogP contribution in [0, 0.1) is 0 Å². The molecular formula is C13H18N4O4. The topological polar surface area (TPSA) is 107 Å². The smallest absolute Gasteiger partial charge is 0.354 e. The number of carbonyl (C=O) groups excluding carboxylic acids is 2. The van der Waals surface area contributed by atoms with Crippen molar-refractivity contribution in [2.24, 2.45) is 0 Å². The fourth-order valence-corrected chi connectivity index (χ4v) is 2.36. The lowest BCUT2D eigenvalue weighted by atomic mass is 10.2. The maximum Gasteiger partial charge on any atom is 0.354 e. The fourth-order valence-electron chi connectivity index (χ4n) is 2.36. The van der Waals surface area contributed by atoms with Crippen LogP contribution in [0.5, 0.6) is 0 Å². The Hall–Kier alpha value is -2.38. The van der Waals surface area contributed by atoms with Gasteiger partial charge in [0, 0.05) is 32.6 Å². The molecule has 0 radical (unpaired) electrons. The summed E-state index contributed by atoms with van der Waals surface area (Å²) in [5, 5.41) is 9.01. The van der Waals surface area contributed by atoms with Gasteiger partial charge in [0.1, 0.15) is 0 Å². The molecule has 0 saturated carbocycles. The van der Waals surface area contributed by atoms with E-state index in [-0.39, 0.29) is 17.3 Å². The molecule has 2 amide bonds. The molecule has 2 heterocycles. The highest BCUT2D eigenvalue weighted by Crippen LogP contribution is 2.11. The number of imidazole rings is 1. The van der Waals surface area contributed by atoms with Crippen molar-refractivity contribution in [3.05, 3.63) is 17.7 Å². The summed E-state index contributed by atoms with van der Waals surface area (Å²) in [6.07, 6.45) is 2.31. The molecule has 1 aliphatic rings. The van der Waals surface area contributed by atoms with E-state index in [1.54, 1.807) is 16.7 Å². The number of nitrogens with one attached hydrogen (secondary N) is 1. The number of nitrogens with zero attached hydrogens (tertiary/aromatic N) is 3. The summed E-state index contributed by atoms with van der Waals surface area (Å²) in [4.78, 5) is 44.6. The Morgan fingerprint density at radius 1 is 1.24 bits per heavy atom. The van der Waals surface area contributed by atoms with Gasteiger partial charge >= 0.3 is 5.97 Å². The Balaban J connectivity index is 2.08. The Kier molecular flexibility index (Phi) is 4.56. The molecule has 0 spiro atoms. The van der Waals surface area contributed by atoms with Crippen molar-refractivity contribution >= 4 is 17.8 Å². The number of aromatic amines is 1. The van der Waals surface area contributed by atoms with Crippen LogP contribution in [0.1, 0.15) is 40.7 Å². The third kappa shape index (κ3) is 3.21. The van der Waals surface area contributed by atoms with Gasteiger partial charge in [0.2, 0.25) is 5.91 Å². The van der Waals surface area contributed by atoms with Crippen LogP contribution in [-0.2, 0) is 4.79 Å². The van der Waals surface area contributed by atoms with Crippen molar-refractivity contribution in [1.82, 2.24) is 19.8 Å². The van der Waals surface area contributed by atoms with Crippen LogP contribution in [0.3, 0.4) is 0 Å². The summed E-state index contributed by atoms with van der Waals surface area (Å²) in [7, 11) is 0. The number of aromatic nitrogens is 2. The average Bonchev–Trinajstić information content (AvgIpc) is 2.84. The molecule has 0 bridgehead atoms. The van der Waals surface area contributed by atoms with E-state index in [2.05, 4.69) is 9.97 Å². The molecule has 1 fully saturated rings. The van der Waals surface area contributed by atoms with Crippen LogP contribution < -0.4 is 0 Å². The maximum absolute atomic E-state index is 12.4. The monoisotopic (exact) mass is 294 g/mol. The maximum atomic E-state index is 12.4. The standard InChI is InChI=1S/C13H18N4O4/c1-2-9(18)16-4-3-5-17(7-6-16)12(19)10-11(13(20)21)15-8-14-10/h8H,2-7H2,1H3,(H,14,15)(H,20,21). The first-order valence-electron chi connectivity index (χ1n) is 6.88. The molecule has 0 aliphatic carbocycles. The average molecular weight is 294 g/mol. The fraction of sp³-hybridized carbons (Fsp3) is 0.538. The van der Waals surface area contributed by atoms with Gasteiger partial charge in [0.05, 0.1) is 6.33 Å². The van der Waals surface area contributed by atoms with E-state index in [9.17, 15) is 14.4 Å². The number of carboxylic acid groups (broad SMARTS) is 1. The number of rotatable bonds is 3. The minimum absolute atomic E-state index is 0.0651. The molecule has 0 unspecified atom stereocenters. The van der Waals surface area contributed by atoms with Gasteiger partial charge in [-0.1, -0.05) is 6.92 Å². The van der Waals surface area contributed by atoms with E-state index in [1.807, 2.05) is 0 Å². The van der Waals surface area contributed by atoms with E-state index in [0.717, 1.165) is 0 Å². The molecule has 21 heavy (non-hydrogen) atoms. The number of aromatic carboxylic acids is 1. The van der Waals surface area contributed by atoms with E-state index < -0.39 is 11.9 Å². The second kappa shape index (κ2) is 6.38. The first kappa shape index (κ1) is 15.0. The highest BCUT2D eigenvalue weighted by atomic mass is 16.4. The lowest BCUT2D eigenvalue weighted by Crippen LogP contribution is -2.37. The summed E-state index contributed by atoms with van der Waals surface area (Å²) in [6, 6.07) is 0. The number of carboxylic acids is 1. The molecule has 1 aromatic rings. The third-order valence-electron chi connectivity index (χ3n) is 3.49. The summed E-state index contributed by atoms with van der Waals surface area (Å²) < 4.78 is 0. The molecule has 8 nitrogen and oxygen atoms in total. The molecule has 0 atom stereocenters. The quantitative estimate of drug-likeness (QED) is 0.827. The molecule has 8 heteroatoms. The second-order valence-electron chi connectivity index (χ2n) is 4.81. The number of amides is 2. The van der Waals surface area contributed by atoms with E-state index >= 15 is 0 Å². The lowest BCUT2D eigenvalue weighted by Gasteiger charge is -2.21. The number of hydrogen-bond acceptors (Lipinski definition) is 4. The van der Waals surface area contributed by atoms with E-state index in [0.29, 0.717) is 39.0 Å². The molecule has 1 aliphatic heterocycles. The van der Waals surface area contributed by atoms with Gasteiger partial charge in [-0.3, -0.25) is 9.59 Å². The van der Waals surface area contributed by atoms with Crippen molar-refractivity contribution in [3.8, 4) is 0 Å². The number of hydrogen-bond donors (Lipinski definition) is 2. The summed E-state index contributed by atoms with van der Waals surface area (Å²) in [5.41, 5.74) is -0.288. The van der Waals surface area contributed by atoms with Crippen molar-refractivity contribution in [2.75, 3.05) is 26.2 Å². The lowest BCUT2D eigenvalue weighted by molar-refractivity contribution is -0.130. The van der Waals surface area contributed by atoms with Crippen LogP contribution in [-0.4, -0.2) is 68.8 Å². The summed E-state index contributed by atoms with van der Waals surface area (Å²) in [5.74, 6) is -1.57. The third-order valence-corrected chi connectivity index (χ3v) is 3.49. The van der Waals surface area contributed by atoms with Gasteiger partial charge in [0.25, 0.3) is 5.91 Å². The van der Waals surface area contributed by atoms with Gasteiger partial charge in [-0.05, 0) is 6.42 Å². The SMILES string of the molecule is CCC(=O)N1CCCN(C(=O)c2nc[nH]c2C(=O)O)CC1. The normalized spacial score (nSPS) is 15.7. The minimum atomic E-state index is -1.21. The van der Waals surface area contributed by atoms with Crippen molar-refractivity contribution in [2.45, 2.75) is 19.8 Å². The number of H-pyrrole nitrogens is 1. The minimum Gasteiger partial charge on any atom is -0.477 e. The Morgan fingerprint density at radius 2 is 1.90 bits per heavy atom. The number of carbonyl (C=O) groups is 3. The summed E-state index contributed by atoms with van der Waals surface area (Å²) in [6.45, 7) is 3.75. The van der Waals surface area contributed by atoms with Crippen LogP contribution in [0.2, 0.25) is 0 Å². The Morgan fingerprint density at radius 3 is 2.57 bits per heavy atom. The highest BCUT2D eigenvalue weighted by Gasteiger charge is 2.27. The zero-order valence-corrected chi connectivity index (χ0v) is 11.8. The molecule has 1 aromatic heterocycles. The van der Waals surface area contributed by atoms with Crippen LogP contribution in [0.25, 0.3) is 0 Å². The predicted octanol–water partition coefficient (Wildman–Crippen LogP) is 0.192. The van der Waals surface area contributed by atoms with E-state index in [1.165, 1.54) is 6.33 Å². The summed E-state index contributed by atoms with van der Waals surface area (Å²) >= 11 is 0. The molecule has 0 aromatic carbocycles. The highest BCUT2D eigenvalue weighted by molar-refractivity contribution is 6.02. The predicted molar refractivity (Wildman–Crippen MR) is 72.9 cm³/mol. The second-order valence-corrected chi connectivity index (χ2v) is 4.81. The van der Waals surface area contributed by atoms with Gasteiger partial charge in [-0.15, -0.1) is 0 Å². The zero-order chi connectivity index (χ0) is 15.4. The molecular weight excluding hydrogens is 276 g/mol. The van der Waals surface area contributed by atoms with Gasteiger partial charge in [0.15, 0.2) is 11.4 Å².